The topological polar surface area (TPSA) is 110 Å². The van der Waals surface area contributed by atoms with Gasteiger partial charge < -0.3 is 10.4 Å². The number of anilines is 2. The monoisotopic (exact) mass is 290 g/mol. The van der Waals surface area contributed by atoms with Gasteiger partial charge in [-0.25, -0.2) is 4.79 Å². The second-order valence-corrected chi connectivity index (χ2v) is 4.43. The number of nitrogens with zero attached hydrogens (tertiary/aromatic N) is 3. The molecule has 0 aliphatic carbocycles. The quantitative estimate of drug-likeness (QED) is 0.646. The molecule has 8 nitrogen and oxygen atoms in total. The zero-order chi connectivity index (χ0) is 15.6. The molecule has 1 aromatic heterocycles. The summed E-state index contributed by atoms with van der Waals surface area (Å²) >= 11 is 0. The molecule has 0 unspecified atom stereocenters. The Kier molecular flexibility index (Phi) is 3.88. The molecule has 2 N–H and O–H groups in total. The van der Waals surface area contributed by atoms with E-state index >= 15 is 0 Å². The van der Waals surface area contributed by atoms with Gasteiger partial charge in [0.1, 0.15) is 0 Å². The van der Waals surface area contributed by atoms with Crippen molar-refractivity contribution >= 4 is 23.0 Å². The largest absolute Gasteiger partial charge is 0.478 e. The highest BCUT2D eigenvalue weighted by atomic mass is 16.6. The van der Waals surface area contributed by atoms with Crippen LogP contribution in [0.15, 0.2) is 24.4 Å². The van der Waals surface area contributed by atoms with Gasteiger partial charge in [0.15, 0.2) is 0 Å². The summed E-state index contributed by atoms with van der Waals surface area (Å²) in [5.41, 5.74) is 1.33. The Labute approximate surface area is 120 Å². The molecule has 0 spiro atoms. The molecule has 21 heavy (non-hydrogen) atoms. The minimum atomic E-state index is -1.16. The summed E-state index contributed by atoms with van der Waals surface area (Å²) in [6.45, 7) is 1.92. The Morgan fingerprint density at radius 2 is 2.19 bits per heavy atom. The second-order valence-electron chi connectivity index (χ2n) is 4.43. The van der Waals surface area contributed by atoms with Gasteiger partial charge in [-0.15, -0.1) is 0 Å². The van der Waals surface area contributed by atoms with E-state index in [0.717, 1.165) is 5.69 Å². The number of nitro groups is 1. The normalized spacial score (nSPS) is 10.4. The smallest absolute Gasteiger partial charge is 0.337 e. The number of rotatable bonds is 5. The SMILES string of the molecule is CCc1nn(C)cc1Nc1cc([N+](=O)[O-])ccc1C(=O)O. The fourth-order valence-electron chi connectivity index (χ4n) is 1.98. The zero-order valence-corrected chi connectivity index (χ0v) is 11.5. The molecule has 110 valence electrons. The third-order valence-corrected chi connectivity index (χ3v) is 2.95. The van der Waals surface area contributed by atoms with Crippen LogP contribution in [0.5, 0.6) is 0 Å². The van der Waals surface area contributed by atoms with Crippen LogP contribution in [0.25, 0.3) is 0 Å². The predicted molar refractivity (Wildman–Crippen MR) is 75.9 cm³/mol. The van der Waals surface area contributed by atoms with E-state index in [1.54, 1.807) is 17.9 Å². The number of non-ortho nitro benzene ring substituents is 1. The van der Waals surface area contributed by atoms with E-state index in [4.69, 9.17) is 0 Å². The standard InChI is InChI=1S/C13H14N4O4/c1-3-10-12(7-16(2)15-10)14-11-6-8(17(20)21)4-5-9(11)13(18)19/h4-7,14H,3H2,1-2H3,(H,18,19). The fraction of sp³-hybridized carbons (Fsp3) is 0.231. The summed E-state index contributed by atoms with van der Waals surface area (Å²) in [7, 11) is 1.75. The van der Waals surface area contributed by atoms with Crippen LogP contribution >= 0.6 is 0 Å². The maximum absolute atomic E-state index is 11.2. The molecule has 0 saturated carbocycles. The Hall–Kier alpha value is -2.90. The lowest BCUT2D eigenvalue weighted by Crippen LogP contribution is -2.04. The lowest BCUT2D eigenvalue weighted by Gasteiger charge is -2.09. The van der Waals surface area contributed by atoms with Gasteiger partial charge in [-0.3, -0.25) is 14.8 Å². The number of aryl methyl sites for hydroxylation is 2. The van der Waals surface area contributed by atoms with E-state index in [1.807, 2.05) is 6.92 Å². The summed E-state index contributed by atoms with van der Waals surface area (Å²) in [4.78, 5) is 21.5. The van der Waals surface area contributed by atoms with Gasteiger partial charge in [0, 0.05) is 25.4 Å². The first kappa shape index (κ1) is 14.5. The minimum Gasteiger partial charge on any atom is -0.478 e. The number of hydrogen-bond donors (Lipinski definition) is 2. The highest BCUT2D eigenvalue weighted by Gasteiger charge is 2.17. The highest BCUT2D eigenvalue weighted by molar-refractivity contribution is 5.95. The fourth-order valence-corrected chi connectivity index (χ4v) is 1.98. The zero-order valence-electron chi connectivity index (χ0n) is 11.5. The minimum absolute atomic E-state index is 0.0356. The first-order valence-electron chi connectivity index (χ1n) is 6.23. The van der Waals surface area contributed by atoms with Crippen molar-refractivity contribution in [3.63, 3.8) is 0 Å². The molecule has 0 atom stereocenters. The molecule has 2 rings (SSSR count). The molecule has 1 aromatic carbocycles. The first-order chi connectivity index (χ1) is 9.92. The van der Waals surface area contributed by atoms with Gasteiger partial charge in [-0.2, -0.15) is 5.10 Å². The molecule has 0 radical (unpaired) electrons. The van der Waals surface area contributed by atoms with Gasteiger partial charge in [0.25, 0.3) is 5.69 Å². The molecule has 0 aliphatic heterocycles. The van der Waals surface area contributed by atoms with Crippen LogP contribution in [0.4, 0.5) is 17.1 Å². The summed E-state index contributed by atoms with van der Waals surface area (Å²) in [5, 5.41) is 27.2. The van der Waals surface area contributed by atoms with Crippen molar-refractivity contribution in [1.29, 1.82) is 0 Å². The maximum atomic E-state index is 11.2. The molecule has 8 heteroatoms. The van der Waals surface area contributed by atoms with Gasteiger partial charge in [-0.05, 0) is 12.5 Å². The Morgan fingerprint density at radius 3 is 2.76 bits per heavy atom. The van der Waals surface area contributed by atoms with Crippen molar-refractivity contribution < 1.29 is 14.8 Å². The lowest BCUT2D eigenvalue weighted by molar-refractivity contribution is -0.384. The number of nitro benzene ring substituents is 1. The third-order valence-electron chi connectivity index (χ3n) is 2.95. The summed E-state index contributed by atoms with van der Waals surface area (Å²) in [5.74, 6) is -1.16. The van der Waals surface area contributed by atoms with E-state index in [-0.39, 0.29) is 16.9 Å². The average molecular weight is 290 g/mol. The van der Waals surface area contributed by atoms with Gasteiger partial charge in [0.05, 0.1) is 27.6 Å². The Morgan fingerprint density at radius 1 is 1.48 bits per heavy atom. The van der Waals surface area contributed by atoms with Crippen LogP contribution in [0.3, 0.4) is 0 Å². The molecule has 1 heterocycles. The number of carboxylic acid groups (broad SMARTS) is 1. The maximum Gasteiger partial charge on any atom is 0.337 e. The molecule has 2 aromatic rings. The van der Waals surface area contributed by atoms with Crippen molar-refractivity contribution in [1.82, 2.24) is 9.78 Å². The molecule has 0 saturated heterocycles. The average Bonchev–Trinajstić information content (AvgIpc) is 2.78. The van der Waals surface area contributed by atoms with E-state index < -0.39 is 10.9 Å². The molecular weight excluding hydrogens is 276 g/mol. The first-order valence-corrected chi connectivity index (χ1v) is 6.23. The molecular formula is C13H14N4O4. The van der Waals surface area contributed by atoms with Crippen LogP contribution in [0.1, 0.15) is 23.0 Å². The predicted octanol–water partition coefficient (Wildman–Crippen LogP) is 2.33. The van der Waals surface area contributed by atoms with E-state index in [0.29, 0.717) is 12.1 Å². The second kappa shape index (κ2) is 5.61. The molecule has 0 amide bonds. The van der Waals surface area contributed by atoms with Crippen LogP contribution in [-0.2, 0) is 13.5 Å². The van der Waals surface area contributed by atoms with E-state index in [2.05, 4.69) is 10.4 Å². The number of carbonyl (C=O) groups is 1. The number of aromatic carboxylic acids is 1. The van der Waals surface area contributed by atoms with Gasteiger partial charge in [0.2, 0.25) is 0 Å². The number of benzene rings is 1. The summed E-state index contributed by atoms with van der Waals surface area (Å²) in [6, 6.07) is 3.58. The summed E-state index contributed by atoms with van der Waals surface area (Å²) in [6.07, 6.45) is 2.35. The van der Waals surface area contributed by atoms with E-state index in [1.165, 1.54) is 18.2 Å². The molecule has 0 fully saturated rings. The van der Waals surface area contributed by atoms with Crippen LogP contribution in [-0.4, -0.2) is 25.8 Å². The van der Waals surface area contributed by atoms with Crippen molar-refractivity contribution in [2.45, 2.75) is 13.3 Å². The van der Waals surface area contributed by atoms with Crippen LogP contribution < -0.4 is 5.32 Å². The van der Waals surface area contributed by atoms with Crippen molar-refractivity contribution in [2.24, 2.45) is 7.05 Å². The Bertz CT molecular complexity index is 708. The van der Waals surface area contributed by atoms with Crippen molar-refractivity contribution in [3.8, 4) is 0 Å². The lowest BCUT2D eigenvalue weighted by atomic mass is 10.1. The van der Waals surface area contributed by atoms with Gasteiger partial charge >= 0.3 is 5.97 Å². The number of aromatic nitrogens is 2. The Balaban J connectivity index is 2.47. The third kappa shape index (κ3) is 2.99. The van der Waals surface area contributed by atoms with Crippen LogP contribution in [0.2, 0.25) is 0 Å². The molecule has 0 bridgehead atoms. The number of hydrogen-bond acceptors (Lipinski definition) is 5. The van der Waals surface area contributed by atoms with Crippen molar-refractivity contribution in [2.75, 3.05) is 5.32 Å². The molecule has 0 aliphatic rings. The van der Waals surface area contributed by atoms with E-state index in [9.17, 15) is 20.0 Å². The number of carboxylic acids is 1. The van der Waals surface area contributed by atoms with Gasteiger partial charge in [-0.1, -0.05) is 6.92 Å². The highest BCUT2D eigenvalue weighted by Crippen LogP contribution is 2.27. The van der Waals surface area contributed by atoms with Crippen molar-refractivity contribution in [3.05, 3.63) is 45.8 Å². The van der Waals surface area contributed by atoms with Crippen LogP contribution in [0, 0.1) is 10.1 Å². The number of nitrogens with one attached hydrogen (secondary N) is 1. The summed E-state index contributed by atoms with van der Waals surface area (Å²) < 4.78 is 1.60.